The third-order valence-electron chi connectivity index (χ3n) is 3.24. The fourth-order valence-corrected chi connectivity index (χ4v) is 1.90. The number of benzene rings is 1. The Morgan fingerprint density at radius 3 is 2.52 bits per heavy atom. The summed E-state index contributed by atoms with van der Waals surface area (Å²) < 4.78 is 0. The number of amides is 1. The molecule has 1 aromatic carbocycles. The van der Waals surface area contributed by atoms with Gasteiger partial charge in [0.15, 0.2) is 11.5 Å². The maximum atomic E-state index is 11.7. The minimum atomic E-state index is -1.15. The number of carbonyl (C=O) groups excluding carboxylic acids is 1. The van der Waals surface area contributed by atoms with E-state index >= 15 is 0 Å². The van der Waals surface area contributed by atoms with Crippen LogP contribution in [0.3, 0.4) is 0 Å². The number of aromatic hydroxyl groups is 2. The average Bonchev–Trinajstić information content (AvgIpc) is 3.24. The first-order chi connectivity index (χ1) is 9.95. The second kappa shape index (κ2) is 6.45. The van der Waals surface area contributed by atoms with Crippen LogP contribution < -0.4 is 10.6 Å². The standard InChI is InChI=1S/C14H18N2O5/c17-11-4-1-8(6-12(11)18)5-10(14(20)21)16-13(19)7-15-9-2-3-9/h1,4,6,9-10,15,17-18H,2-3,5,7H2,(H,16,19)(H,20,21). The summed E-state index contributed by atoms with van der Waals surface area (Å²) in [5, 5.41) is 33.2. The minimum Gasteiger partial charge on any atom is -0.504 e. The molecule has 1 aliphatic rings. The van der Waals surface area contributed by atoms with Crippen molar-refractivity contribution < 1.29 is 24.9 Å². The van der Waals surface area contributed by atoms with Crippen LogP contribution in [0, 0.1) is 0 Å². The molecule has 0 saturated heterocycles. The van der Waals surface area contributed by atoms with Crippen molar-refractivity contribution in [3.63, 3.8) is 0 Å². The van der Waals surface area contributed by atoms with Gasteiger partial charge in [-0.2, -0.15) is 0 Å². The number of rotatable bonds is 7. The third kappa shape index (κ3) is 4.64. The number of phenols is 2. The van der Waals surface area contributed by atoms with E-state index in [2.05, 4.69) is 10.6 Å². The van der Waals surface area contributed by atoms with Crippen molar-refractivity contribution in [1.29, 1.82) is 0 Å². The zero-order chi connectivity index (χ0) is 15.4. The Balaban J connectivity index is 1.92. The molecule has 0 aromatic heterocycles. The number of carboxylic acid groups (broad SMARTS) is 1. The first-order valence-electron chi connectivity index (χ1n) is 6.72. The van der Waals surface area contributed by atoms with Gasteiger partial charge in [0.2, 0.25) is 5.91 Å². The highest BCUT2D eigenvalue weighted by molar-refractivity contribution is 5.84. The van der Waals surface area contributed by atoms with Crippen LogP contribution in [0.4, 0.5) is 0 Å². The van der Waals surface area contributed by atoms with E-state index in [1.165, 1.54) is 18.2 Å². The molecule has 7 heteroatoms. The summed E-state index contributed by atoms with van der Waals surface area (Å²) in [5.74, 6) is -2.12. The normalized spacial score (nSPS) is 15.4. The average molecular weight is 294 g/mol. The van der Waals surface area contributed by atoms with Crippen molar-refractivity contribution in [2.45, 2.75) is 31.3 Å². The fourth-order valence-electron chi connectivity index (χ4n) is 1.90. The Morgan fingerprint density at radius 2 is 1.95 bits per heavy atom. The number of nitrogens with one attached hydrogen (secondary N) is 2. The maximum absolute atomic E-state index is 11.7. The van der Waals surface area contributed by atoms with Gasteiger partial charge in [-0.1, -0.05) is 6.07 Å². The largest absolute Gasteiger partial charge is 0.504 e. The van der Waals surface area contributed by atoms with Crippen LogP contribution in [0.5, 0.6) is 11.5 Å². The van der Waals surface area contributed by atoms with E-state index in [0.717, 1.165) is 12.8 Å². The molecular formula is C14H18N2O5. The monoisotopic (exact) mass is 294 g/mol. The molecule has 0 radical (unpaired) electrons. The molecule has 0 bridgehead atoms. The lowest BCUT2D eigenvalue weighted by Gasteiger charge is -2.15. The number of carbonyl (C=O) groups is 2. The van der Waals surface area contributed by atoms with E-state index < -0.39 is 12.0 Å². The van der Waals surface area contributed by atoms with Gasteiger partial charge in [-0.15, -0.1) is 0 Å². The van der Waals surface area contributed by atoms with Gasteiger partial charge in [0.05, 0.1) is 6.54 Å². The van der Waals surface area contributed by atoms with Crippen molar-refractivity contribution in [1.82, 2.24) is 10.6 Å². The zero-order valence-electron chi connectivity index (χ0n) is 11.4. The molecule has 1 aromatic rings. The van der Waals surface area contributed by atoms with Gasteiger partial charge in [0.1, 0.15) is 6.04 Å². The lowest BCUT2D eigenvalue weighted by atomic mass is 10.1. The molecule has 0 heterocycles. The molecule has 7 nitrogen and oxygen atoms in total. The summed E-state index contributed by atoms with van der Waals surface area (Å²) in [5.41, 5.74) is 0.508. The first-order valence-corrected chi connectivity index (χ1v) is 6.72. The van der Waals surface area contributed by atoms with Gasteiger partial charge in [0, 0.05) is 12.5 Å². The highest BCUT2D eigenvalue weighted by Crippen LogP contribution is 2.25. The molecule has 1 amide bonds. The van der Waals surface area contributed by atoms with Crippen molar-refractivity contribution in [3.8, 4) is 11.5 Å². The van der Waals surface area contributed by atoms with Gasteiger partial charge in [-0.3, -0.25) is 4.79 Å². The number of aliphatic carboxylic acids is 1. The first kappa shape index (κ1) is 15.1. The topological polar surface area (TPSA) is 119 Å². The van der Waals surface area contributed by atoms with E-state index in [9.17, 15) is 19.8 Å². The molecule has 2 rings (SSSR count). The Bertz CT molecular complexity index is 542. The van der Waals surface area contributed by atoms with Crippen molar-refractivity contribution >= 4 is 11.9 Å². The summed E-state index contributed by atoms with van der Waals surface area (Å²) in [6, 6.07) is 3.34. The van der Waals surface area contributed by atoms with Gasteiger partial charge in [-0.05, 0) is 30.5 Å². The molecule has 0 aliphatic heterocycles. The summed E-state index contributed by atoms with van der Waals surface area (Å²) >= 11 is 0. The van der Waals surface area contributed by atoms with E-state index in [4.69, 9.17) is 5.11 Å². The number of phenolic OH excluding ortho intramolecular Hbond substituents is 2. The second-order valence-corrected chi connectivity index (χ2v) is 5.14. The maximum Gasteiger partial charge on any atom is 0.326 e. The van der Waals surface area contributed by atoms with Gasteiger partial charge < -0.3 is 26.0 Å². The van der Waals surface area contributed by atoms with Gasteiger partial charge in [-0.25, -0.2) is 4.79 Å². The quantitative estimate of drug-likeness (QED) is 0.450. The van der Waals surface area contributed by atoms with Crippen LogP contribution in [0.25, 0.3) is 0 Å². The van der Waals surface area contributed by atoms with Gasteiger partial charge in [0.25, 0.3) is 0 Å². The highest BCUT2D eigenvalue weighted by Gasteiger charge is 2.24. The summed E-state index contributed by atoms with van der Waals surface area (Å²) in [6.45, 7) is 0.0925. The van der Waals surface area contributed by atoms with E-state index in [1.807, 2.05) is 0 Å². The minimum absolute atomic E-state index is 0.0261. The fraction of sp³-hybridized carbons (Fsp3) is 0.429. The van der Waals surface area contributed by atoms with E-state index in [-0.39, 0.29) is 30.4 Å². The number of hydrogen-bond donors (Lipinski definition) is 5. The van der Waals surface area contributed by atoms with Crippen LogP contribution in [-0.2, 0) is 16.0 Å². The molecule has 1 unspecified atom stereocenters. The molecule has 1 saturated carbocycles. The molecule has 114 valence electrons. The molecule has 5 N–H and O–H groups in total. The van der Waals surface area contributed by atoms with Crippen LogP contribution in [-0.4, -0.2) is 45.8 Å². The highest BCUT2D eigenvalue weighted by atomic mass is 16.4. The SMILES string of the molecule is O=C(CNC1CC1)NC(Cc1ccc(O)c(O)c1)C(=O)O. The molecule has 1 fully saturated rings. The Labute approximate surface area is 121 Å². The van der Waals surface area contributed by atoms with Crippen molar-refractivity contribution in [3.05, 3.63) is 23.8 Å². The smallest absolute Gasteiger partial charge is 0.326 e. The van der Waals surface area contributed by atoms with Gasteiger partial charge >= 0.3 is 5.97 Å². The van der Waals surface area contributed by atoms with Crippen LogP contribution >= 0.6 is 0 Å². The Hall–Kier alpha value is -2.28. The second-order valence-electron chi connectivity index (χ2n) is 5.14. The molecule has 21 heavy (non-hydrogen) atoms. The third-order valence-corrected chi connectivity index (χ3v) is 3.24. The molecule has 1 aliphatic carbocycles. The van der Waals surface area contributed by atoms with Crippen molar-refractivity contribution in [2.75, 3.05) is 6.54 Å². The summed E-state index contributed by atoms with van der Waals surface area (Å²) in [4.78, 5) is 22.9. The summed E-state index contributed by atoms with van der Waals surface area (Å²) in [6.07, 6.45) is 2.11. The predicted molar refractivity (Wildman–Crippen MR) is 74.1 cm³/mol. The number of carboxylic acids is 1. The van der Waals surface area contributed by atoms with Crippen LogP contribution in [0.15, 0.2) is 18.2 Å². The lowest BCUT2D eigenvalue weighted by molar-refractivity contribution is -0.141. The molecule has 1 atom stereocenters. The van der Waals surface area contributed by atoms with Crippen molar-refractivity contribution in [2.24, 2.45) is 0 Å². The van der Waals surface area contributed by atoms with Crippen LogP contribution in [0.1, 0.15) is 18.4 Å². The van der Waals surface area contributed by atoms with E-state index in [1.54, 1.807) is 0 Å². The molecule has 0 spiro atoms. The number of hydrogen-bond acceptors (Lipinski definition) is 5. The summed E-state index contributed by atoms with van der Waals surface area (Å²) in [7, 11) is 0. The van der Waals surface area contributed by atoms with Crippen LogP contribution in [0.2, 0.25) is 0 Å². The predicted octanol–water partition coefficient (Wildman–Crippen LogP) is -0.0383. The van der Waals surface area contributed by atoms with E-state index in [0.29, 0.717) is 11.6 Å². The zero-order valence-corrected chi connectivity index (χ0v) is 11.4. The Morgan fingerprint density at radius 1 is 1.24 bits per heavy atom. The molecular weight excluding hydrogens is 276 g/mol. The lowest BCUT2D eigenvalue weighted by Crippen LogP contribution is -2.46. The Kier molecular flexibility index (Phi) is 4.64.